The average molecular weight is 430 g/mol. The first-order chi connectivity index (χ1) is 15.2. The van der Waals surface area contributed by atoms with Gasteiger partial charge in [0.1, 0.15) is 12.0 Å². The minimum atomic E-state index is -0.707. The first kappa shape index (κ1) is 19.5. The monoisotopic (exact) mass is 429 g/mol. The van der Waals surface area contributed by atoms with E-state index >= 15 is 0 Å². The largest absolute Gasteiger partial charge is 0.337 e. The van der Waals surface area contributed by atoms with E-state index in [-0.39, 0.29) is 12.5 Å². The normalized spacial score (nSPS) is 15.4. The number of carbonyl (C=O) groups is 1. The van der Waals surface area contributed by atoms with Crippen molar-refractivity contribution in [2.75, 3.05) is 6.54 Å². The average Bonchev–Trinajstić information content (AvgIpc) is 3.41. The van der Waals surface area contributed by atoms with E-state index < -0.39 is 5.41 Å². The number of likely N-dealkylation sites (tertiary alicyclic amines) is 1. The Balaban J connectivity index is 1.44. The molecule has 6 heteroatoms. The zero-order valence-corrected chi connectivity index (χ0v) is 17.5. The van der Waals surface area contributed by atoms with Crippen LogP contribution in [0.5, 0.6) is 0 Å². The standard InChI is InChI=1S/C25H20ClN3O2/c26-21-13-11-18(12-14-21)23-27-22(31-28-23)17-29-16-15-25(24(29)30,19-7-3-1-4-8-19)20-9-5-2-6-10-20/h1-14H,15-17H2. The van der Waals surface area contributed by atoms with Crippen LogP contribution in [0.3, 0.4) is 0 Å². The third-order valence-electron chi connectivity index (χ3n) is 5.84. The Morgan fingerprint density at radius 2 is 1.52 bits per heavy atom. The van der Waals surface area contributed by atoms with Crippen molar-refractivity contribution in [3.8, 4) is 11.4 Å². The molecule has 1 aromatic heterocycles. The number of amides is 1. The van der Waals surface area contributed by atoms with Gasteiger partial charge >= 0.3 is 0 Å². The van der Waals surface area contributed by atoms with E-state index in [4.69, 9.17) is 16.1 Å². The molecule has 154 valence electrons. The number of aromatic nitrogens is 2. The number of carbonyl (C=O) groups excluding carboxylic acids is 1. The molecule has 5 nitrogen and oxygen atoms in total. The van der Waals surface area contributed by atoms with Crippen molar-refractivity contribution in [1.29, 1.82) is 0 Å². The predicted octanol–water partition coefficient (Wildman–Crippen LogP) is 5.11. The van der Waals surface area contributed by atoms with Gasteiger partial charge in [-0.2, -0.15) is 4.98 Å². The fraction of sp³-hybridized carbons (Fsp3) is 0.160. The molecule has 1 saturated heterocycles. The van der Waals surface area contributed by atoms with Crippen molar-refractivity contribution in [1.82, 2.24) is 15.0 Å². The van der Waals surface area contributed by atoms with Crippen LogP contribution in [0, 0.1) is 0 Å². The maximum atomic E-state index is 13.8. The zero-order valence-electron chi connectivity index (χ0n) is 16.7. The van der Waals surface area contributed by atoms with Crippen molar-refractivity contribution >= 4 is 17.5 Å². The molecule has 0 radical (unpaired) electrons. The lowest BCUT2D eigenvalue weighted by Gasteiger charge is -2.29. The smallest absolute Gasteiger partial charge is 0.246 e. The van der Waals surface area contributed by atoms with Crippen LogP contribution in [-0.4, -0.2) is 27.5 Å². The van der Waals surface area contributed by atoms with E-state index in [1.54, 1.807) is 17.0 Å². The molecule has 0 aliphatic carbocycles. The van der Waals surface area contributed by atoms with E-state index in [1.807, 2.05) is 72.8 Å². The van der Waals surface area contributed by atoms with Crippen LogP contribution in [0.4, 0.5) is 0 Å². The highest BCUT2D eigenvalue weighted by atomic mass is 35.5. The van der Waals surface area contributed by atoms with Gasteiger partial charge in [0.15, 0.2) is 0 Å². The van der Waals surface area contributed by atoms with Crippen molar-refractivity contribution < 1.29 is 9.32 Å². The van der Waals surface area contributed by atoms with Gasteiger partial charge < -0.3 is 9.42 Å². The summed E-state index contributed by atoms with van der Waals surface area (Å²) in [6.07, 6.45) is 0.692. The highest BCUT2D eigenvalue weighted by Gasteiger charge is 2.49. The topological polar surface area (TPSA) is 59.2 Å². The Kier molecular flexibility index (Phi) is 5.04. The molecule has 0 bridgehead atoms. The quantitative estimate of drug-likeness (QED) is 0.442. The third kappa shape index (κ3) is 3.51. The molecular weight excluding hydrogens is 410 g/mol. The Morgan fingerprint density at radius 3 is 2.13 bits per heavy atom. The fourth-order valence-corrected chi connectivity index (χ4v) is 4.40. The molecule has 4 aromatic rings. The van der Waals surface area contributed by atoms with E-state index in [0.29, 0.717) is 29.7 Å². The van der Waals surface area contributed by atoms with Gasteiger partial charge in [0.2, 0.25) is 17.6 Å². The minimum absolute atomic E-state index is 0.0520. The van der Waals surface area contributed by atoms with Crippen LogP contribution in [-0.2, 0) is 16.8 Å². The van der Waals surface area contributed by atoms with E-state index in [0.717, 1.165) is 16.7 Å². The second kappa shape index (κ2) is 8.00. The van der Waals surface area contributed by atoms with Gasteiger partial charge in [-0.05, 0) is 41.8 Å². The second-order valence-electron chi connectivity index (χ2n) is 7.63. The predicted molar refractivity (Wildman–Crippen MR) is 118 cm³/mol. The van der Waals surface area contributed by atoms with Crippen LogP contribution < -0.4 is 0 Å². The van der Waals surface area contributed by atoms with Gasteiger partial charge in [-0.15, -0.1) is 0 Å². The number of benzene rings is 3. The van der Waals surface area contributed by atoms with E-state index in [2.05, 4.69) is 10.1 Å². The number of hydrogen-bond donors (Lipinski definition) is 0. The maximum absolute atomic E-state index is 13.8. The highest BCUT2D eigenvalue weighted by Crippen LogP contribution is 2.42. The van der Waals surface area contributed by atoms with Gasteiger partial charge in [-0.3, -0.25) is 4.79 Å². The third-order valence-corrected chi connectivity index (χ3v) is 6.09. The summed E-state index contributed by atoms with van der Waals surface area (Å²) in [5, 5.41) is 4.72. The molecule has 31 heavy (non-hydrogen) atoms. The summed E-state index contributed by atoms with van der Waals surface area (Å²) >= 11 is 5.95. The summed E-state index contributed by atoms with van der Waals surface area (Å²) in [5.74, 6) is 0.946. The molecule has 0 unspecified atom stereocenters. The molecule has 1 fully saturated rings. The zero-order chi connectivity index (χ0) is 21.3. The van der Waals surface area contributed by atoms with E-state index in [1.165, 1.54) is 0 Å². The lowest BCUT2D eigenvalue weighted by molar-refractivity contribution is -0.132. The number of rotatable bonds is 5. The summed E-state index contributed by atoms with van der Waals surface area (Å²) in [5.41, 5.74) is 2.11. The summed E-state index contributed by atoms with van der Waals surface area (Å²) in [7, 11) is 0. The summed E-state index contributed by atoms with van der Waals surface area (Å²) in [4.78, 5) is 20.1. The Morgan fingerprint density at radius 1 is 0.903 bits per heavy atom. The van der Waals surface area contributed by atoms with Gasteiger partial charge in [0.05, 0.1) is 0 Å². The molecule has 0 N–H and O–H groups in total. The van der Waals surface area contributed by atoms with Crippen LogP contribution in [0.1, 0.15) is 23.4 Å². The highest BCUT2D eigenvalue weighted by molar-refractivity contribution is 6.30. The molecule has 1 aliphatic rings. The molecule has 2 heterocycles. The van der Waals surface area contributed by atoms with Crippen molar-refractivity contribution in [3.63, 3.8) is 0 Å². The molecular formula is C25H20ClN3O2. The lowest BCUT2D eigenvalue weighted by Crippen LogP contribution is -2.38. The molecule has 3 aromatic carbocycles. The van der Waals surface area contributed by atoms with Gasteiger partial charge in [0.25, 0.3) is 0 Å². The van der Waals surface area contributed by atoms with E-state index in [9.17, 15) is 4.79 Å². The van der Waals surface area contributed by atoms with Gasteiger partial charge in [-0.25, -0.2) is 0 Å². The van der Waals surface area contributed by atoms with Crippen molar-refractivity contribution in [3.05, 3.63) is 107 Å². The number of halogens is 1. The Bertz CT molecular complexity index is 1150. The number of nitrogens with zero attached hydrogens (tertiary/aromatic N) is 3. The first-order valence-corrected chi connectivity index (χ1v) is 10.5. The number of hydrogen-bond acceptors (Lipinski definition) is 4. The van der Waals surface area contributed by atoms with Crippen molar-refractivity contribution in [2.24, 2.45) is 0 Å². The summed E-state index contributed by atoms with van der Waals surface area (Å²) in [6, 6.07) is 27.2. The van der Waals surface area contributed by atoms with Crippen molar-refractivity contribution in [2.45, 2.75) is 18.4 Å². The van der Waals surface area contributed by atoms with Gasteiger partial charge in [-0.1, -0.05) is 77.4 Å². The summed E-state index contributed by atoms with van der Waals surface area (Å²) in [6.45, 7) is 0.891. The van der Waals surface area contributed by atoms with Crippen LogP contribution in [0.2, 0.25) is 5.02 Å². The SMILES string of the molecule is O=C1N(Cc2nc(-c3ccc(Cl)cc3)no2)CCC1(c1ccccc1)c1ccccc1. The first-order valence-electron chi connectivity index (χ1n) is 10.2. The Labute approximate surface area is 185 Å². The van der Waals surface area contributed by atoms with Crippen LogP contribution >= 0.6 is 11.6 Å². The molecule has 1 aliphatic heterocycles. The van der Waals surface area contributed by atoms with Crippen LogP contribution in [0.25, 0.3) is 11.4 Å². The molecule has 0 atom stereocenters. The minimum Gasteiger partial charge on any atom is -0.337 e. The van der Waals surface area contributed by atoms with Crippen LogP contribution in [0.15, 0.2) is 89.5 Å². The molecule has 1 amide bonds. The summed E-state index contributed by atoms with van der Waals surface area (Å²) < 4.78 is 5.45. The molecule has 0 saturated carbocycles. The second-order valence-corrected chi connectivity index (χ2v) is 8.07. The fourth-order valence-electron chi connectivity index (χ4n) is 4.28. The molecule has 5 rings (SSSR count). The lowest BCUT2D eigenvalue weighted by atomic mass is 9.73. The maximum Gasteiger partial charge on any atom is 0.246 e. The van der Waals surface area contributed by atoms with Gasteiger partial charge in [0, 0.05) is 17.1 Å². The Hall–Kier alpha value is -3.44. The molecule has 0 spiro atoms.